The number of hydrogen-bond acceptors (Lipinski definition) is 3. The zero-order chi connectivity index (χ0) is 14.4. The molecule has 2 N–H and O–H groups in total. The highest BCUT2D eigenvalue weighted by Gasteiger charge is 2.20. The van der Waals surface area contributed by atoms with Crippen molar-refractivity contribution in [3.63, 3.8) is 0 Å². The number of carbonyl (C=O) groups excluding carboxylic acids is 1. The number of nitrogens with zero attached hydrogens (tertiary/aromatic N) is 1. The van der Waals surface area contributed by atoms with E-state index in [2.05, 4.69) is 0 Å². The summed E-state index contributed by atoms with van der Waals surface area (Å²) in [6.07, 6.45) is 2.16. The SMILES string of the molecule is CCN(Cc1ccco1)C(=O)[C@H](N)Cc1ccccc1. The normalized spacial score (nSPS) is 12.1. The smallest absolute Gasteiger partial charge is 0.240 e. The van der Waals surface area contributed by atoms with E-state index in [9.17, 15) is 4.79 Å². The third-order valence-corrected chi connectivity index (χ3v) is 3.24. The van der Waals surface area contributed by atoms with Gasteiger partial charge in [-0.3, -0.25) is 4.79 Å². The maximum atomic E-state index is 12.4. The minimum atomic E-state index is -0.521. The molecule has 0 unspecified atom stereocenters. The first-order valence-electron chi connectivity index (χ1n) is 6.81. The average Bonchev–Trinajstić information content (AvgIpc) is 2.98. The molecule has 0 radical (unpaired) electrons. The van der Waals surface area contributed by atoms with Crippen LogP contribution >= 0.6 is 0 Å². The van der Waals surface area contributed by atoms with Gasteiger partial charge in [0.2, 0.25) is 5.91 Å². The van der Waals surface area contributed by atoms with Gasteiger partial charge in [-0.2, -0.15) is 0 Å². The van der Waals surface area contributed by atoms with Crippen molar-refractivity contribution in [1.82, 2.24) is 4.90 Å². The third-order valence-electron chi connectivity index (χ3n) is 3.24. The Morgan fingerprint density at radius 3 is 2.60 bits per heavy atom. The summed E-state index contributed by atoms with van der Waals surface area (Å²) in [6.45, 7) is 3.02. The lowest BCUT2D eigenvalue weighted by Crippen LogP contribution is -2.44. The van der Waals surface area contributed by atoms with Gasteiger partial charge in [-0.15, -0.1) is 0 Å². The van der Waals surface area contributed by atoms with Crippen LogP contribution < -0.4 is 5.73 Å². The van der Waals surface area contributed by atoms with Crippen LogP contribution in [0.3, 0.4) is 0 Å². The molecule has 0 aliphatic rings. The van der Waals surface area contributed by atoms with E-state index in [-0.39, 0.29) is 5.91 Å². The fourth-order valence-electron chi connectivity index (χ4n) is 2.13. The molecule has 0 aliphatic heterocycles. The van der Waals surface area contributed by atoms with Crippen molar-refractivity contribution in [1.29, 1.82) is 0 Å². The number of hydrogen-bond donors (Lipinski definition) is 1. The first-order chi connectivity index (χ1) is 9.70. The molecule has 0 bridgehead atoms. The summed E-state index contributed by atoms with van der Waals surface area (Å²) in [4.78, 5) is 14.1. The van der Waals surface area contributed by atoms with Crippen LogP contribution in [-0.2, 0) is 17.8 Å². The van der Waals surface area contributed by atoms with Crippen molar-refractivity contribution in [2.75, 3.05) is 6.54 Å². The van der Waals surface area contributed by atoms with Gasteiger partial charge < -0.3 is 15.1 Å². The second-order valence-electron chi connectivity index (χ2n) is 4.73. The first-order valence-corrected chi connectivity index (χ1v) is 6.81. The van der Waals surface area contributed by atoms with E-state index in [1.807, 2.05) is 49.4 Å². The third kappa shape index (κ3) is 3.71. The second kappa shape index (κ2) is 6.91. The number of benzene rings is 1. The maximum Gasteiger partial charge on any atom is 0.240 e. The topological polar surface area (TPSA) is 59.5 Å². The largest absolute Gasteiger partial charge is 0.467 e. The van der Waals surface area contributed by atoms with Gasteiger partial charge in [0.1, 0.15) is 5.76 Å². The molecule has 0 spiro atoms. The van der Waals surface area contributed by atoms with Crippen LogP contribution in [0.5, 0.6) is 0 Å². The molecule has 1 atom stereocenters. The number of nitrogens with two attached hydrogens (primary N) is 1. The molecule has 4 heteroatoms. The second-order valence-corrected chi connectivity index (χ2v) is 4.73. The number of amides is 1. The number of furan rings is 1. The van der Waals surface area contributed by atoms with Gasteiger partial charge in [0.25, 0.3) is 0 Å². The molecule has 2 rings (SSSR count). The number of rotatable bonds is 6. The summed E-state index contributed by atoms with van der Waals surface area (Å²) in [5, 5.41) is 0. The van der Waals surface area contributed by atoms with Crippen molar-refractivity contribution in [3.05, 3.63) is 60.1 Å². The fraction of sp³-hybridized carbons (Fsp3) is 0.312. The summed E-state index contributed by atoms with van der Waals surface area (Å²) >= 11 is 0. The molecular weight excluding hydrogens is 252 g/mol. The van der Waals surface area contributed by atoms with Gasteiger partial charge in [-0.05, 0) is 31.0 Å². The Hall–Kier alpha value is -2.07. The molecule has 20 heavy (non-hydrogen) atoms. The van der Waals surface area contributed by atoms with Crippen LogP contribution in [0.25, 0.3) is 0 Å². The van der Waals surface area contributed by atoms with Crippen LogP contribution in [0.1, 0.15) is 18.2 Å². The maximum absolute atomic E-state index is 12.4. The van der Waals surface area contributed by atoms with Gasteiger partial charge in [-0.25, -0.2) is 0 Å². The zero-order valence-electron chi connectivity index (χ0n) is 11.7. The quantitative estimate of drug-likeness (QED) is 0.877. The van der Waals surface area contributed by atoms with Gasteiger partial charge >= 0.3 is 0 Å². The summed E-state index contributed by atoms with van der Waals surface area (Å²) < 4.78 is 5.28. The van der Waals surface area contributed by atoms with Crippen LogP contribution in [0, 0.1) is 0 Å². The molecule has 0 saturated heterocycles. The van der Waals surface area contributed by atoms with E-state index in [1.165, 1.54) is 0 Å². The van der Waals surface area contributed by atoms with E-state index in [0.29, 0.717) is 19.5 Å². The summed E-state index contributed by atoms with van der Waals surface area (Å²) in [5.74, 6) is 0.722. The molecule has 1 amide bonds. The summed E-state index contributed by atoms with van der Waals surface area (Å²) in [6, 6.07) is 13.0. The van der Waals surface area contributed by atoms with Gasteiger partial charge in [-0.1, -0.05) is 30.3 Å². The van der Waals surface area contributed by atoms with Crippen molar-refractivity contribution >= 4 is 5.91 Å². The summed E-state index contributed by atoms with van der Waals surface area (Å²) in [5.41, 5.74) is 7.10. The molecular formula is C16H20N2O2. The Balaban J connectivity index is 1.97. The standard InChI is InChI=1S/C16H20N2O2/c1-2-18(12-14-9-6-10-20-14)16(19)15(17)11-13-7-4-3-5-8-13/h3-10,15H,2,11-12,17H2,1H3/t15-/m1/s1. The first kappa shape index (κ1) is 14.3. The lowest BCUT2D eigenvalue weighted by Gasteiger charge is -2.23. The van der Waals surface area contributed by atoms with Crippen LogP contribution in [0.2, 0.25) is 0 Å². The minimum absolute atomic E-state index is 0.0484. The lowest BCUT2D eigenvalue weighted by molar-refractivity contribution is -0.133. The van der Waals surface area contributed by atoms with Gasteiger partial charge in [0, 0.05) is 6.54 Å². The Morgan fingerprint density at radius 2 is 2.00 bits per heavy atom. The Morgan fingerprint density at radius 1 is 1.25 bits per heavy atom. The predicted octanol–water partition coefficient (Wildman–Crippen LogP) is 2.20. The van der Waals surface area contributed by atoms with Crippen LogP contribution in [-0.4, -0.2) is 23.4 Å². The van der Waals surface area contributed by atoms with E-state index < -0.39 is 6.04 Å². The predicted molar refractivity (Wildman–Crippen MR) is 77.9 cm³/mol. The van der Waals surface area contributed by atoms with Crippen molar-refractivity contribution in [3.8, 4) is 0 Å². The fourth-order valence-corrected chi connectivity index (χ4v) is 2.13. The van der Waals surface area contributed by atoms with Crippen LogP contribution in [0.4, 0.5) is 0 Å². The summed E-state index contributed by atoms with van der Waals surface area (Å²) in [7, 11) is 0. The van der Waals surface area contributed by atoms with E-state index in [4.69, 9.17) is 10.2 Å². The number of likely N-dealkylation sites (N-methyl/N-ethyl adjacent to an activating group) is 1. The molecule has 2 aromatic rings. The molecule has 0 aliphatic carbocycles. The van der Waals surface area contributed by atoms with Crippen molar-refractivity contribution < 1.29 is 9.21 Å². The van der Waals surface area contributed by atoms with Crippen molar-refractivity contribution in [2.24, 2.45) is 5.73 Å². The van der Waals surface area contributed by atoms with Crippen LogP contribution in [0.15, 0.2) is 53.1 Å². The Labute approximate surface area is 119 Å². The molecule has 1 aromatic heterocycles. The van der Waals surface area contributed by atoms with E-state index >= 15 is 0 Å². The van der Waals surface area contributed by atoms with E-state index in [1.54, 1.807) is 11.2 Å². The molecule has 1 heterocycles. The monoisotopic (exact) mass is 272 g/mol. The average molecular weight is 272 g/mol. The Kier molecular flexibility index (Phi) is 4.96. The highest BCUT2D eigenvalue weighted by Crippen LogP contribution is 2.09. The Bertz CT molecular complexity index is 523. The van der Waals surface area contributed by atoms with Gasteiger partial charge in [0.05, 0.1) is 18.8 Å². The van der Waals surface area contributed by atoms with Gasteiger partial charge in [0.15, 0.2) is 0 Å². The highest BCUT2D eigenvalue weighted by atomic mass is 16.3. The highest BCUT2D eigenvalue weighted by molar-refractivity contribution is 5.81. The van der Waals surface area contributed by atoms with E-state index in [0.717, 1.165) is 11.3 Å². The molecule has 4 nitrogen and oxygen atoms in total. The molecule has 0 fully saturated rings. The van der Waals surface area contributed by atoms with Crippen molar-refractivity contribution in [2.45, 2.75) is 25.9 Å². The molecule has 106 valence electrons. The lowest BCUT2D eigenvalue weighted by atomic mass is 10.1. The number of carbonyl (C=O) groups is 1. The minimum Gasteiger partial charge on any atom is -0.467 e. The molecule has 0 saturated carbocycles. The zero-order valence-corrected chi connectivity index (χ0v) is 11.7. The molecule has 1 aromatic carbocycles.